The fourth-order valence-corrected chi connectivity index (χ4v) is 3.53. The first-order chi connectivity index (χ1) is 10.6. The van der Waals surface area contributed by atoms with Gasteiger partial charge >= 0.3 is 12.0 Å². The normalized spacial score (nSPS) is 30.6. The van der Waals surface area contributed by atoms with Gasteiger partial charge in [-0.25, -0.2) is 4.79 Å². The molecule has 3 aliphatic rings. The van der Waals surface area contributed by atoms with E-state index < -0.39 is 17.7 Å². The molecule has 7 heteroatoms. The number of aliphatic carboxylic acids is 1. The van der Waals surface area contributed by atoms with Crippen LogP contribution < -0.4 is 5.32 Å². The van der Waals surface area contributed by atoms with Crippen LogP contribution in [0, 0.1) is 5.92 Å². The summed E-state index contributed by atoms with van der Waals surface area (Å²) in [7, 11) is 0. The molecule has 22 heavy (non-hydrogen) atoms. The first-order valence-corrected chi connectivity index (χ1v) is 8.15. The summed E-state index contributed by atoms with van der Waals surface area (Å²) < 4.78 is 11.8. The van der Waals surface area contributed by atoms with E-state index in [-0.39, 0.29) is 18.7 Å². The second-order valence-corrected chi connectivity index (χ2v) is 6.48. The molecule has 0 aromatic carbocycles. The summed E-state index contributed by atoms with van der Waals surface area (Å²) >= 11 is 0. The maximum absolute atomic E-state index is 12.1. The lowest BCUT2D eigenvalue weighted by atomic mass is 9.94. The third-order valence-electron chi connectivity index (χ3n) is 4.83. The molecule has 1 saturated carbocycles. The summed E-state index contributed by atoms with van der Waals surface area (Å²) in [6.07, 6.45) is 5.77. The maximum Gasteiger partial charge on any atom is 0.317 e. The van der Waals surface area contributed by atoms with Crippen LogP contribution in [0.1, 0.15) is 38.5 Å². The van der Waals surface area contributed by atoms with E-state index in [4.69, 9.17) is 14.6 Å². The summed E-state index contributed by atoms with van der Waals surface area (Å²) in [5, 5.41) is 11.8. The van der Waals surface area contributed by atoms with E-state index in [0.717, 1.165) is 25.7 Å². The summed E-state index contributed by atoms with van der Waals surface area (Å²) in [4.78, 5) is 24.5. The van der Waals surface area contributed by atoms with E-state index >= 15 is 0 Å². The number of likely N-dealkylation sites (tertiary alicyclic amines) is 1. The number of carbonyl (C=O) groups is 2. The highest BCUT2D eigenvalue weighted by atomic mass is 16.7. The maximum atomic E-state index is 12.1. The van der Waals surface area contributed by atoms with E-state index in [2.05, 4.69) is 5.32 Å². The molecule has 3 fully saturated rings. The predicted octanol–water partition coefficient (Wildman–Crippen LogP) is 1.18. The van der Waals surface area contributed by atoms with Crippen LogP contribution in [-0.2, 0) is 14.3 Å². The number of carbonyl (C=O) groups excluding carboxylic acids is 1. The number of amides is 2. The molecule has 7 nitrogen and oxygen atoms in total. The summed E-state index contributed by atoms with van der Waals surface area (Å²) in [6, 6.07) is -0.211. The number of carboxylic acids is 1. The minimum atomic E-state index is -0.831. The number of carboxylic acid groups (broad SMARTS) is 1. The molecular weight excluding hydrogens is 288 g/mol. The molecular formula is C15H24N2O5. The molecule has 0 aromatic rings. The number of hydrogen-bond donors (Lipinski definition) is 2. The van der Waals surface area contributed by atoms with Crippen molar-refractivity contribution in [2.45, 2.75) is 50.4 Å². The van der Waals surface area contributed by atoms with Gasteiger partial charge in [-0.1, -0.05) is 6.42 Å². The first-order valence-electron chi connectivity index (χ1n) is 8.15. The van der Waals surface area contributed by atoms with Gasteiger partial charge in [-0.3, -0.25) is 4.79 Å². The van der Waals surface area contributed by atoms with Gasteiger partial charge in [-0.05, 0) is 19.3 Å². The van der Waals surface area contributed by atoms with Crippen molar-refractivity contribution in [3.8, 4) is 0 Å². The largest absolute Gasteiger partial charge is 0.481 e. The number of nitrogens with one attached hydrogen (secondary N) is 1. The van der Waals surface area contributed by atoms with Gasteiger partial charge in [0.15, 0.2) is 5.79 Å². The quantitative estimate of drug-likeness (QED) is 0.817. The topological polar surface area (TPSA) is 88.1 Å². The molecule has 2 N–H and O–H groups in total. The lowest BCUT2D eigenvalue weighted by Gasteiger charge is -2.31. The average Bonchev–Trinajstić information content (AvgIpc) is 3.14. The second kappa shape index (κ2) is 6.42. The number of ether oxygens (including phenoxy) is 2. The van der Waals surface area contributed by atoms with Gasteiger partial charge < -0.3 is 24.8 Å². The van der Waals surface area contributed by atoms with Crippen LogP contribution >= 0.6 is 0 Å². The van der Waals surface area contributed by atoms with Gasteiger partial charge in [0.25, 0.3) is 0 Å². The van der Waals surface area contributed by atoms with E-state index in [1.54, 1.807) is 4.90 Å². The Morgan fingerprint density at radius 3 is 2.73 bits per heavy atom. The van der Waals surface area contributed by atoms with Crippen molar-refractivity contribution in [1.82, 2.24) is 10.2 Å². The Morgan fingerprint density at radius 2 is 2.05 bits per heavy atom. The molecule has 0 bridgehead atoms. The van der Waals surface area contributed by atoms with Crippen LogP contribution in [0.3, 0.4) is 0 Å². The monoisotopic (exact) mass is 312 g/mol. The zero-order valence-electron chi connectivity index (χ0n) is 12.8. The number of rotatable bonds is 3. The molecule has 0 aromatic heterocycles. The fraction of sp³-hybridized carbons (Fsp3) is 0.867. The Morgan fingerprint density at radius 1 is 1.27 bits per heavy atom. The van der Waals surface area contributed by atoms with Gasteiger partial charge in [0.1, 0.15) is 6.10 Å². The van der Waals surface area contributed by atoms with E-state index in [1.165, 1.54) is 6.42 Å². The minimum Gasteiger partial charge on any atom is -0.481 e. The zero-order valence-corrected chi connectivity index (χ0v) is 12.8. The van der Waals surface area contributed by atoms with Crippen LogP contribution in [0.4, 0.5) is 4.79 Å². The molecule has 124 valence electrons. The molecule has 1 spiro atoms. The van der Waals surface area contributed by atoms with E-state index in [1.807, 2.05) is 0 Å². The standard InChI is InChI=1S/C15H24N2O5/c18-13(19)11-4-7-17(9-11)14(20)16-8-12-10-21-15(22-12)5-2-1-3-6-15/h11-12H,1-10H2,(H,16,20)(H,18,19). The molecule has 2 atom stereocenters. The average molecular weight is 312 g/mol. The van der Waals surface area contributed by atoms with Crippen molar-refractivity contribution < 1.29 is 24.2 Å². The Balaban J connectivity index is 1.41. The van der Waals surface area contributed by atoms with E-state index in [0.29, 0.717) is 26.1 Å². The Kier molecular flexibility index (Phi) is 4.54. The highest BCUT2D eigenvalue weighted by Crippen LogP contribution is 2.37. The van der Waals surface area contributed by atoms with Crippen LogP contribution in [0.2, 0.25) is 0 Å². The lowest BCUT2D eigenvalue weighted by Crippen LogP contribution is -2.43. The number of nitrogens with zero attached hydrogens (tertiary/aromatic N) is 1. The van der Waals surface area contributed by atoms with Crippen molar-refractivity contribution in [3.63, 3.8) is 0 Å². The lowest BCUT2D eigenvalue weighted by molar-refractivity contribution is -0.186. The number of hydrogen-bond acceptors (Lipinski definition) is 4. The zero-order chi connectivity index (χ0) is 15.6. The van der Waals surface area contributed by atoms with Crippen molar-refractivity contribution in [1.29, 1.82) is 0 Å². The highest BCUT2D eigenvalue weighted by Gasteiger charge is 2.42. The third kappa shape index (κ3) is 3.35. The Labute approximate surface area is 129 Å². The van der Waals surface area contributed by atoms with Gasteiger partial charge in [0.2, 0.25) is 0 Å². The van der Waals surface area contributed by atoms with Crippen molar-refractivity contribution in [2.24, 2.45) is 5.92 Å². The molecule has 2 heterocycles. The summed E-state index contributed by atoms with van der Waals surface area (Å²) in [6.45, 7) is 1.70. The van der Waals surface area contributed by atoms with Crippen molar-refractivity contribution in [2.75, 3.05) is 26.2 Å². The molecule has 2 amide bonds. The van der Waals surface area contributed by atoms with Gasteiger partial charge in [0.05, 0.1) is 12.5 Å². The number of urea groups is 1. The Bertz CT molecular complexity index is 436. The van der Waals surface area contributed by atoms with Crippen LogP contribution in [0.5, 0.6) is 0 Å². The molecule has 0 radical (unpaired) electrons. The van der Waals surface area contributed by atoms with Gasteiger partial charge in [0, 0.05) is 32.5 Å². The van der Waals surface area contributed by atoms with Crippen LogP contribution in [-0.4, -0.2) is 60.1 Å². The first kappa shape index (κ1) is 15.6. The van der Waals surface area contributed by atoms with Crippen LogP contribution in [0.25, 0.3) is 0 Å². The van der Waals surface area contributed by atoms with Gasteiger partial charge in [-0.2, -0.15) is 0 Å². The highest BCUT2D eigenvalue weighted by molar-refractivity contribution is 5.77. The minimum absolute atomic E-state index is 0.111. The van der Waals surface area contributed by atoms with Crippen LogP contribution in [0.15, 0.2) is 0 Å². The second-order valence-electron chi connectivity index (χ2n) is 6.48. The van der Waals surface area contributed by atoms with E-state index in [9.17, 15) is 9.59 Å². The summed E-state index contributed by atoms with van der Waals surface area (Å²) in [5.41, 5.74) is 0. The third-order valence-corrected chi connectivity index (χ3v) is 4.83. The molecule has 3 rings (SSSR count). The van der Waals surface area contributed by atoms with Crippen molar-refractivity contribution >= 4 is 12.0 Å². The molecule has 1 aliphatic carbocycles. The fourth-order valence-electron chi connectivity index (χ4n) is 3.53. The SMILES string of the molecule is O=C(O)C1CCN(C(=O)NCC2COC3(CCCCC3)O2)C1. The Hall–Kier alpha value is -1.34. The molecule has 2 saturated heterocycles. The molecule has 2 aliphatic heterocycles. The molecule has 2 unspecified atom stereocenters. The summed E-state index contributed by atoms with van der Waals surface area (Å²) in [5.74, 6) is -1.69. The van der Waals surface area contributed by atoms with Crippen molar-refractivity contribution in [3.05, 3.63) is 0 Å². The van der Waals surface area contributed by atoms with Gasteiger partial charge in [-0.15, -0.1) is 0 Å². The predicted molar refractivity (Wildman–Crippen MR) is 77.4 cm³/mol. The smallest absolute Gasteiger partial charge is 0.317 e.